The molecule has 5 rings (SSSR count). The Bertz CT molecular complexity index is 1340. The van der Waals surface area contributed by atoms with Gasteiger partial charge in [0.15, 0.2) is 0 Å². The Kier molecular flexibility index (Phi) is 6.81. The van der Waals surface area contributed by atoms with Gasteiger partial charge in [-0.3, -0.25) is 14.2 Å². The number of anilines is 1. The van der Waals surface area contributed by atoms with E-state index in [9.17, 15) is 14.9 Å². The minimum atomic E-state index is -0.219. The molecule has 0 saturated carbocycles. The average Bonchev–Trinajstić information content (AvgIpc) is 3.31. The molecule has 3 aromatic rings. The van der Waals surface area contributed by atoms with Gasteiger partial charge in [0.25, 0.3) is 11.5 Å². The predicted octanol–water partition coefficient (Wildman–Crippen LogP) is 2.21. The van der Waals surface area contributed by atoms with Crippen LogP contribution >= 0.6 is 11.3 Å². The summed E-state index contributed by atoms with van der Waals surface area (Å²) in [6.07, 6.45) is 3.34. The zero-order chi connectivity index (χ0) is 24.4. The molecule has 1 aromatic carbocycles. The first-order valence-electron chi connectivity index (χ1n) is 11.9. The van der Waals surface area contributed by atoms with Crippen LogP contribution in [0.3, 0.4) is 0 Å². The van der Waals surface area contributed by atoms with Gasteiger partial charge < -0.3 is 20.7 Å². The zero-order valence-corrected chi connectivity index (χ0v) is 20.2. The van der Waals surface area contributed by atoms with Gasteiger partial charge in [0, 0.05) is 43.8 Å². The summed E-state index contributed by atoms with van der Waals surface area (Å²) >= 11 is 1.23. The lowest BCUT2D eigenvalue weighted by Gasteiger charge is -2.33. The normalized spacial score (nSPS) is 19.0. The van der Waals surface area contributed by atoms with Crippen molar-refractivity contribution in [3.63, 3.8) is 0 Å². The summed E-state index contributed by atoms with van der Waals surface area (Å²) in [5.74, 6) is 0.271. The van der Waals surface area contributed by atoms with Crippen LogP contribution < -0.4 is 21.5 Å². The monoisotopic (exact) mass is 492 g/mol. The minimum absolute atomic E-state index is 0.0186. The molecule has 2 saturated heterocycles. The second-order valence-corrected chi connectivity index (χ2v) is 9.99. The summed E-state index contributed by atoms with van der Waals surface area (Å²) in [4.78, 5) is 33.8. The molecule has 1 unspecified atom stereocenters. The maximum atomic E-state index is 13.7. The quantitative estimate of drug-likeness (QED) is 0.559. The van der Waals surface area contributed by atoms with E-state index < -0.39 is 0 Å². The van der Waals surface area contributed by atoms with Crippen LogP contribution in [0.2, 0.25) is 0 Å². The highest BCUT2D eigenvalue weighted by Gasteiger charge is 2.26. The molecule has 3 N–H and O–H groups in total. The number of hydrogen-bond acceptors (Lipinski definition) is 8. The third-order valence-corrected chi connectivity index (χ3v) is 7.62. The molecular weight excluding hydrogens is 464 g/mol. The fourth-order valence-corrected chi connectivity index (χ4v) is 5.70. The van der Waals surface area contributed by atoms with Crippen molar-refractivity contribution in [2.45, 2.75) is 44.3 Å². The number of nitriles is 1. The Morgan fingerprint density at radius 1 is 1.29 bits per heavy atom. The number of hydrogen-bond donors (Lipinski definition) is 2. The molecule has 35 heavy (non-hydrogen) atoms. The van der Waals surface area contributed by atoms with E-state index in [4.69, 9.17) is 15.5 Å². The molecule has 0 radical (unpaired) electrons. The number of fused-ring (bicyclic) bond motifs is 1. The Morgan fingerprint density at radius 2 is 2.09 bits per heavy atom. The van der Waals surface area contributed by atoms with Crippen LogP contribution in [-0.2, 0) is 11.3 Å². The standard InChI is InChI=1S/C25H28N6O3S/c26-12-16-4-1-2-5-17(16)13-31-24(33)22-21(29-25(31)30-9-3-6-18(27)14-30)20(15-35-22)23(32)28-19-7-10-34-11-8-19/h1-2,4-5,15,18-19H,3,6-11,13-14,27H2,(H,28,32). The third kappa shape index (κ3) is 4.80. The van der Waals surface area contributed by atoms with Crippen molar-refractivity contribution in [1.82, 2.24) is 14.9 Å². The molecule has 9 nitrogen and oxygen atoms in total. The second kappa shape index (κ2) is 10.2. The molecule has 0 spiro atoms. The number of benzene rings is 1. The lowest BCUT2D eigenvalue weighted by atomic mass is 10.1. The van der Waals surface area contributed by atoms with Crippen LogP contribution in [-0.4, -0.2) is 53.8 Å². The number of nitrogens with two attached hydrogens (primary N) is 1. The van der Waals surface area contributed by atoms with E-state index in [0.29, 0.717) is 47.1 Å². The predicted molar refractivity (Wildman–Crippen MR) is 135 cm³/mol. The smallest absolute Gasteiger partial charge is 0.273 e. The van der Waals surface area contributed by atoms with Crippen molar-refractivity contribution in [1.29, 1.82) is 5.26 Å². The minimum Gasteiger partial charge on any atom is -0.381 e. The fourth-order valence-electron chi connectivity index (χ4n) is 4.77. The van der Waals surface area contributed by atoms with E-state index in [-0.39, 0.29) is 30.1 Å². The number of carbonyl (C=O) groups is 1. The molecule has 2 aromatic heterocycles. The number of nitrogens with one attached hydrogen (secondary N) is 1. The van der Waals surface area contributed by atoms with Crippen LogP contribution in [0.1, 0.15) is 47.2 Å². The van der Waals surface area contributed by atoms with E-state index in [2.05, 4.69) is 11.4 Å². The lowest BCUT2D eigenvalue weighted by molar-refractivity contribution is 0.0697. The molecule has 182 valence electrons. The summed E-state index contributed by atoms with van der Waals surface area (Å²) in [5.41, 5.74) is 8.14. The van der Waals surface area contributed by atoms with Gasteiger partial charge in [0.05, 0.1) is 23.7 Å². The van der Waals surface area contributed by atoms with Gasteiger partial charge in [-0.1, -0.05) is 18.2 Å². The SMILES string of the molecule is N#Cc1ccccc1Cn1c(N2CCCC(N)C2)nc2c(C(=O)NC3CCOCC3)csc2c1=O. The van der Waals surface area contributed by atoms with E-state index in [1.165, 1.54) is 11.3 Å². The lowest BCUT2D eigenvalue weighted by Crippen LogP contribution is -2.45. The molecule has 2 fully saturated rings. The van der Waals surface area contributed by atoms with Crippen molar-refractivity contribution in [3.05, 3.63) is 56.7 Å². The van der Waals surface area contributed by atoms with E-state index in [1.807, 2.05) is 17.0 Å². The molecule has 2 aliphatic rings. The second-order valence-electron chi connectivity index (χ2n) is 9.11. The van der Waals surface area contributed by atoms with E-state index >= 15 is 0 Å². The van der Waals surface area contributed by atoms with Gasteiger partial charge >= 0.3 is 0 Å². The van der Waals surface area contributed by atoms with Crippen molar-refractivity contribution in [3.8, 4) is 6.07 Å². The Morgan fingerprint density at radius 3 is 2.86 bits per heavy atom. The summed E-state index contributed by atoms with van der Waals surface area (Å²) in [7, 11) is 0. The number of amides is 1. The number of carbonyl (C=O) groups excluding carboxylic acids is 1. The van der Waals surface area contributed by atoms with Gasteiger partial charge in [-0.15, -0.1) is 11.3 Å². The first-order valence-corrected chi connectivity index (χ1v) is 12.8. The molecule has 0 bridgehead atoms. The van der Waals surface area contributed by atoms with Gasteiger partial charge in [0.1, 0.15) is 10.2 Å². The Hall–Kier alpha value is -3.26. The summed E-state index contributed by atoms with van der Waals surface area (Å²) in [6, 6.07) is 9.49. The zero-order valence-electron chi connectivity index (χ0n) is 19.4. The Balaban J connectivity index is 1.58. The molecule has 2 aliphatic heterocycles. The highest BCUT2D eigenvalue weighted by molar-refractivity contribution is 7.17. The van der Waals surface area contributed by atoms with E-state index in [0.717, 1.165) is 37.8 Å². The van der Waals surface area contributed by atoms with Crippen LogP contribution in [0, 0.1) is 11.3 Å². The van der Waals surface area contributed by atoms with Gasteiger partial charge in [-0.05, 0) is 37.3 Å². The first kappa shape index (κ1) is 23.5. The maximum Gasteiger partial charge on any atom is 0.273 e. The summed E-state index contributed by atoms with van der Waals surface area (Å²) < 4.78 is 7.44. The number of nitrogens with zero attached hydrogens (tertiary/aromatic N) is 4. The molecule has 0 aliphatic carbocycles. The van der Waals surface area contributed by atoms with Crippen LogP contribution in [0.4, 0.5) is 5.95 Å². The maximum absolute atomic E-state index is 13.7. The molecule has 10 heteroatoms. The van der Waals surface area contributed by atoms with Crippen molar-refractivity contribution in [2.24, 2.45) is 5.73 Å². The third-order valence-electron chi connectivity index (χ3n) is 6.67. The number of aromatic nitrogens is 2. The summed E-state index contributed by atoms with van der Waals surface area (Å²) in [5, 5.41) is 14.4. The fraction of sp³-hybridized carbons (Fsp3) is 0.440. The largest absolute Gasteiger partial charge is 0.381 e. The Labute approximate surface area is 207 Å². The number of rotatable bonds is 5. The number of thiophene rings is 1. The molecule has 1 amide bonds. The van der Waals surface area contributed by atoms with Gasteiger partial charge in [-0.25, -0.2) is 4.98 Å². The van der Waals surface area contributed by atoms with E-state index in [1.54, 1.807) is 22.1 Å². The molecule has 4 heterocycles. The van der Waals surface area contributed by atoms with Crippen LogP contribution in [0.25, 0.3) is 10.2 Å². The highest BCUT2D eigenvalue weighted by Crippen LogP contribution is 2.27. The average molecular weight is 493 g/mol. The summed E-state index contributed by atoms with van der Waals surface area (Å²) in [6.45, 7) is 2.77. The van der Waals surface area contributed by atoms with Gasteiger partial charge in [0.2, 0.25) is 5.95 Å². The molecule has 1 atom stereocenters. The number of piperidine rings is 1. The van der Waals surface area contributed by atoms with Crippen molar-refractivity contribution < 1.29 is 9.53 Å². The highest BCUT2D eigenvalue weighted by atomic mass is 32.1. The van der Waals surface area contributed by atoms with Crippen molar-refractivity contribution >= 4 is 33.4 Å². The van der Waals surface area contributed by atoms with Crippen LogP contribution in [0.5, 0.6) is 0 Å². The number of ether oxygens (including phenoxy) is 1. The van der Waals surface area contributed by atoms with Crippen LogP contribution in [0.15, 0.2) is 34.4 Å². The van der Waals surface area contributed by atoms with Gasteiger partial charge in [-0.2, -0.15) is 5.26 Å². The van der Waals surface area contributed by atoms with Crippen molar-refractivity contribution in [2.75, 3.05) is 31.2 Å². The molecular formula is C25H28N6O3S. The topological polar surface area (TPSA) is 126 Å². The first-order chi connectivity index (χ1) is 17.0.